The minimum Gasteiger partial charge on any atom is -0.473 e. The molecule has 3 heterocycles. The first-order chi connectivity index (χ1) is 9.83. The SMILES string of the molecule is O=C(C1=NCCO1)C1CCN(Cc2cccnc2)CC1. The Balaban J connectivity index is 1.51. The first-order valence-corrected chi connectivity index (χ1v) is 7.15. The number of aliphatic imine (C=N–C) groups is 1. The summed E-state index contributed by atoms with van der Waals surface area (Å²) in [7, 11) is 0. The molecule has 0 amide bonds. The van der Waals surface area contributed by atoms with Crippen LogP contribution < -0.4 is 0 Å². The molecule has 1 saturated heterocycles. The Labute approximate surface area is 118 Å². The zero-order valence-electron chi connectivity index (χ0n) is 11.5. The minimum atomic E-state index is 0.0806. The fraction of sp³-hybridized carbons (Fsp3) is 0.533. The number of Topliss-reactive ketones (excluding diaryl/α,β-unsaturated/α-hetero) is 1. The Morgan fingerprint density at radius 2 is 2.25 bits per heavy atom. The normalized spacial score (nSPS) is 20.5. The van der Waals surface area contributed by atoms with Gasteiger partial charge in [0.2, 0.25) is 5.78 Å². The van der Waals surface area contributed by atoms with E-state index >= 15 is 0 Å². The third-order valence-corrected chi connectivity index (χ3v) is 3.88. The molecule has 0 radical (unpaired) electrons. The molecule has 1 aromatic rings. The van der Waals surface area contributed by atoms with Crippen molar-refractivity contribution in [3.63, 3.8) is 0 Å². The summed E-state index contributed by atoms with van der Waals surface area (Å²) in [6.07, 6.45) is 5.47. The second-order valence-electron chi connectivity index (χ2n) is 5.31. The van der Waals surface area contributed by atoms with Crippen molar-refractivity contribution in [2.45, 2.75) is 19.4 Å². The van der Waals surface area contributed by atoms with Crippen molar-refractivity contribution in [2.75, 3.05) is 26.2 Å². The van der Waals surface area contributed by atoms with Gasteiger partial charge in [0.1, 0.15) is 6.61 Å². The molecule has 0 atom stereocenters. The van der Waals surface area contributed by atoms with Gasteiger partial charge in [-0.15, -0.1) is 0 Å². The molecule has 0 spiro atoms. The van der Waals surface area contributed by atoms with Crippen molar-refractivity contribution in [3.05, 3.63) is 30.1 Å². The number of rotatable bonds is 4. The second-order valence-corrected chi connectivity index (χ2v) is 5.31. The van der Waals surface area contributed by atoms with Gasteiger partial charge in [0, 0.05) is 24.9 Å². The topological polar surface area (TPSA) is 54.8 Å². The number of piperidine rings is 1. The summed E-state index contributed by atoms with van der Waals surface area (Å²) in [5.74, 6) is 0.538. The number of pyridine rings is 1. The molecule has 1 aromatic heterocycles. The number of carbonyl (C=O) groups is 1. The van der Waals surface area contributed by atoms with Crippen molar-refractivity contribution in [1.29, 1.82) is 0 Å². The summed E-state index contributed by atoms with van der Waals surface area (Å²) in [6, 6.07) is 4.05. The maximum Gasteiger partial charge on any atom is 0.253 e. The van der Waals surface area contributed by atoms with Crippen molar-refractivity contribution in [1.82, 2.24) is 9.88 Å². The molecule has 2 aliphatic heterocycles. The molecule has 5 heteroatoms. The van der Waals surface area contributed by atoms with Gasteiger partial charge in [0.15, 0.2) is 0 Å². The van der Waals surface area contributed by atoms with Crippen molar-refractivity contribution in [2.24, 2.45) is 10.9 Å². The number of ketones is 1. The number of hydrogen-bond acceptors (Lipinski definition) is 5. The van der Waals surface area contributed by atoms with Crippen LogP contribution >= 0.6 is 0 Å². The van der Waals surface area contributed by atoms with Crippen molar-refractivity contribution < 1.29 is 9.53 Å². The van der Waals surface area contributed by atoms with Gasteiger partial charge in [0.25, 0.3) is 5.90 Å². The van der Waals surface area contributed by atoms with Crippen LogP contribution in [0.1, 0.15) is 18.4 Å². The van der Waals surface area contributed by atoms with Crippen LogP contribution in [0.4, 0.5) is 0 Å². The van der Waals surface area contributed by atoms with Gasteiger partial charge in [0.05, 0.1) is 6.54 Å². The quantitative estimate of drug-likeness (QED) is 0.829. The molecule has 0 unspecified atom stereocenters. The van der Waals surface area contributed by atoms with E-state index in [-0.39, 0.29) is 11.7 Å². The van der Waals surface area contributed by atoms with Gasteiger partial charge < -0.3 is 4.74 Å². The van der Waals surface area contributed by atoms with E-state index in [1.807, 2.05) is 12.3 Å². The number of nitrogens with zero attached hydrogens (tertiary/aromatic N) is 3. The minimum absolute atomic E-state index is 0.0806. The maximum atomic E-state index is 12.2. The first-order valence-electron chi connectivity index (χ1n) is 7.15. The Kier molecular flexibility index (Phi) is 4.06. The van der Waals surface area contributed by atoms with Gasteiger partial charge in [-0.05, 0) is 37.6 Å². The molecule has 5 nitrogen and oxygen atoms in total. The van der Waals surface area contributed by atoms with Crippen molar-refractivity contribution >= 4 is 11.7 Å². The molecule has 0 aliphatic carbocycles. The van der Waals surface area contributed by atoms with E-state index in [1.54, 1.807) is 6.20 Å². The Bertz CT molecular complexity index is 493. The summed E-state index contributed by atoms with van der Waals surface area (Å²) in [4.78, 5) is 22.8. The largest absolute Gasteiger partial charge is 0.473 e. The highest BCUT2D eigenvalue weighted by molar-refractivity contribution is 6.37. The lowest BCUT2D eigenvalue weighted by molar-refractivity contribution is -0.119. The summed E-state index contributed by atoms with van der Waals surface area (Å²) < 4.78 is 5.27. The van der Waals surface area contributed by atoms with Crippen molar-refractivity contribution in [3.8, 4) is 0 Å². The molecule has 106 valence electrons. The highest BCUT2D eigenvalue weighted by Gasteiger charge is 2.30. The summed E-state index contributed by atoms with van der Waals surface area (Å²) in [5.41, 5.74) is 1.22. The van der Waals surface area contributed by atoms with E-state index in [9.17, 15) is 4.79 Å². The fourth-order valence-corrected chi connectivity index (χ4v) is 2.76. The zero-order valence-corrected chi connectivity index (χ0v) is 11.5. The molecular weight excluding hydrogens is 254 g/mol. The molecule has 3 rings (SSSR count). The van der Waals surface area contributed by atoms with E-state index in [1.165, 1.54) is 5.56 Å². The highest BCUT2D eigenvalue weighted by atomic mass is 16.5. The van der Waals surface area contributed by atoms with Gasteiger partial charge in [-0.1, -0.05) is 6.07 Å². The molecule has 0 saturated carbocycles. The van der Waals surface area contributed by atoms with Crippen LogP contribution in [0.25, 0.3) is 0 Å². The van der Waals surface area contributed by atoms with Gasteiger partial charge in [-0.3, -0.25) is 14.7 Å². The Hall–Kier alpha value is -1.75. The fourth-order valence-electron chi connectivity index (χ4n) is 2.76. The van der Waals surface area contributed by atoms with Crippen LogP contribution in [-0.2, 0) is 16.1 Å². The van der Waals surface area contributed by atoms with Crippen LogP contribution in [0.3, 0.4) is 0 Å². The molecule has 0 aromatic carbocycles. The highest BCUT2D eigenvalue weighted by Crippen LogP contribution is 2.21. The van der Waals surface area contributed by atoms with Gasteiger partial charge >= 0.3 is 0 Å². The van der Waals surface area contributed by atoms with Crippen LogP contribution in [0, 0.1) is 5.92 Å². The number of likely N-dealkylation sites (tertiary alicyclic amines) is 1. The Morgan fingerprint density at radius 3 is 2.90 bits per heavy atom. The van der Waals surface area contributed by atoms with E-state index in [2.05, 4.69) is 20.9 Å². The number of carbonyl (C=O) groups excluding carboxylic acids is 1. The molecule has 0 N–H and O–H groups in total. The lowest BCUT2D eigenvalue weighted by atomic mass is 9.92. The number of aromatic nitrogens is 1. The monoisotopic (exact) mass is 273 g/mol. The summed E-state index contributed by atoms with van der Waals surface area (Å²) in [6.45, 7) is 3.98. The standard InChI is InChI=1S/C15H19N3O2/c19-14(15-17-6-9-20-15)13-3-7-18(8-4-13)11-12-2-1-5-16-10-12/h1-2,5,10,13H,3-4,6-9,11H2. The predicted octanol–water partition coefficient (Wildman–Crippen LogP) is 1.29. The maximum absolute atomic E-state index is 12.2. The second kappa shape index (κ2) is 6.13. The lowest BCUT2D eigenvalue weighted by Gasteiger charge is -2.30. The predicted molar refractivity (Wildman–Crippen MR) is 75.5 cm³/mol. The summed E-state index contributed by atoms with van der Waals surface area (Å²) in [5, 5.41) is 0. The molecule has 20 heavy (non-hydrogen) atoms. The van der Waals surface area contributed by atoms with E-state index in [0.29, 0.717) is 19.0 Å². The zero-order chi connectivity index (χ0) is 13.8. The molecule has 1 fully saturated rings. The van der Waals surface area contributed by atoms with Crippen LogP contribution in [0.15, 0.2) is 29.5 Å². The van der Waals surface area contributed by atoms with E-state index in [4.69, 9.17) is 4.74 Å². The lowest BCUT2D eigenvalue weighted by Crippen LogP contribution is -2.38. The van der Waals surface area contributed by atoms with Gasteiger partial charge in [-0.25, -0.2) is 4.99 Å². The van der Waals surface area contributed by atoms with Crippen LogP contribution in [0.5, 0.6) is 0 Å². The number of ether oxygens (including phenoxy) is 1. The summed E-state index contributed by atoms with van der Waals surface area (Å²) >= 11 is 0. The average molecular weight is 273 g/mol. The smallest absolute Gasteiger partial charge is 0.253 e. The van der Waals surface area contributed by atoms with Crippen LogP contribution in [0.2, 0.25) is 0 Å². The molecular formula is C15H19N3O2. The Morgan fingerprint density at radius 1 is 1.40 bits per heavy atom. The third kappa shape index (κ3) is 3.04. The molecule has 2 aliphatic rings. The average Bonchev–Trinajstić information content (AvgIpc) is 3.03. The van der Waals surface area contributed by atoms with Gasteiger partial charge in [-0.2, -0.15) is 0 Å². The van der Waals surface area contributed by atoms with Crippen LogP contribution in [-0.4, -0.2) is 47.8 Å². The number of hydrogen-bond donors (Lipinski definition) is 0. The molecule has 0 bridgehead atoms. The third-order valence-electron chi connectivity index (χ3n) is 3.88. The van der Waals surface area contributed by atoms with E-state index < -0.39 is 0 Å². The first kappa shape index (κ1) is 13.2. The van der Waals surface area contributed by atoms with E-state index in [0.717, 1.165) is 32.5 Å².